The molecule has 0 saturated carbocycles. The van der Waals surface area contributed by atoms with Gasteiger partial charge >= 0.3 is 0 Å². The molecule has 7 heteroatoms. The number of hydrogen-bond acceptors (Lipinski definition) is 6. The highest BCUT2D eigenvalue weighted by Gasteiger charge is 2.01. The number of nitrogens with two attached hydrogens (primary N) is 1. The molecule has 0 spiro atoms. The number of nitrogens with zero attached hydrogens (tertiary/aromatic N) is 3. The number of ether oxygens (including phenoxy) is 1. The number of H-pyrrole nitrogens is 1. The summed E-state index contributed by atoms with van der Waals surface area (Å²) < 4.78 is 5.51. The Morgan fingerprint density at radius 1 is 1.39 bits per heavy atom. The van der Waals surface area contributed by atoms with Crippen LogP contribution in [-0.2, 0) is 0 Å². The van der Waals surface area contributed by atoms with Gasteiger partial charge in [-0.3, -0.25) is 0 Å². The first-order valence-corrected chi connectivity index (χ1v) is 6.20. The molecule has 0 aliphatic carbocycles. The molecular formula is C11H11N5OS. The van der Waals surface area contributed by atoms with Crippen molar-refractivity contribution in [2.45, 2.75) is 5.16 Å². The van der Waals surface area contributed by atoms with E-state index >= 15 is 0 Å². The molecule has 6 nitrogen and oxygen atoms in total. The van der Waals surface area contributed by atoms with E-state index in [1.165, 1.54) is 11.8 Å². The fourth-order valence-corrected chi connectivity index (χ4v) is 1.86. The molecule has 0 aliphatic heterocycles. The Bertz CT molecular complexity index is 545. The van der Waals surface area contributed by atoms with Crippen molar-refractivity contribution in [2.75, 3.05) is 18.1 Å². The second-order valence-corrected chi connectivity index (χ2v) is 4.40. The molecule has 1 aromatic heterocycles. The van der Waals surface area contributed by atoms with Crippen LogP contribution in [-0.4, -0.2) is 27.5 Å². The van der Waals surface area contributed by atoms with Crippen molar-refractivity contribution in [1.29, 1.82) is 5.26 Å². The first-order chi connectivity index (χ1) is 8.78. The van der Waals surface area contributed by atoms with E-state index in [1.807, 2.05) is 0 Å². The summed E-state index contributed by atoms with van der Waals surface area (Å²) in [5, 5.41) is 15.7. The van der Waals surface area contributed by atoms with E-state index in [1.54, 1.807) is 24.3 Å². The van der Waals surface area contributed by atoms with Gasteiger partial charge in [0.25, 0.3) is 0 Å². The Morgan fingerprint density at radius 2 is 2.17 bits per heavy atom. The van der Waals surface area contributed by atoms with Crippen LogP contribution in [0.3, 0.4) is 0 Å². The van der Waals surface area contributed by atoms with Crippen LogP contribution >= 0.6 is 11.8 Å². The van der Waals surface area contributed by atoms with Crippen molar-refractivity contribution < 1.29 is 4.74 Å². The van der Waals surface area contributed by atoms with Gasteiger partial charge < -0.3 is 10.5 Å². The summed E-state index contributed by atoms with van der Waals surface area (Å²) in [4.78, 5) is 3.96. The van der Waals surface area contributed by atoms with Crippen molar-refractivity contribution in [2.24, 2.45) is 0 Å². The summed E-state index contributed by atoms with van der Waals surface area (Å²) in [6.45, 7) is 0.533. The molecule has 2 rings (SSSR count). The molecule has 0 radical (unpaired) electrons. The molecule has 0 atom stereocenters. The van der Waals surface area contributed by atoms with Crippen molar-refractivity contribution >= 4 is 17.7 Å². The summed E-state index contributed by atoms with van der Waals surface area (Å²) in [6.07, 6.45) is 0. The maximum Gasteiger partial charge on any atom is 0.216 e. The topological polar surface area (TPSA) is 101 Å². The largest absolute Gasteiger partial charge is 0.493 e. The fraction of sp³-hybridized carbons (Fsp3) is 0.182. The van der Waals surface area contributed by atoms with E-state index < -0.39 is 0 Å². The fourth-order valence-electron chi connectivity index (χ4n) is 1.24. The number of aromatic nitrogens is 3. The predicted molar refractivity (Wildman–Crippen MR) is 68.2 cm³/mol. The molecule has 0 saturated heterocycles. The van der Waals surface area contributed by atoms with Crippen LogP contribution in [0.5, 0.6) is 5.75 Å². The summed E-state index contributed by atoms with van der Waals surface area (Å²) in [6, 6.07) is 9.04. The number of nitrogen functional groups attached to an aromatic ring is 1. The molecule has 3 N–H and O–H groups in total. The van der Waals surface area contributed by atoms with E-state index in [0.717, 1.165) is 11.5 Å². The molecule has 1 heterocycles. The first-order valence-electron chi connectivity index (χ1n) is 5.21. The lowest BCUT2D eigenvalue weighted by Gasteiger charge is -2.04. The van der Waals surface area contributed by atoms with Crippen molar-refractivity contribution in [3.05, 3.63) is 29.8 Å². The minimum atomic E-state index is 0.311. The van der Waals surface area contributed by atoms with Gasteiger partial charge in [0.15, 0.2) is 0 Å². The van der Waals surface area contributed by atoms with Gasteiger partial charge in [-0.1, -0.05) is 11.8 Å². The Labute approximate surface area is 108 Å². The van der Waals surface area contributed by atoms with E-state index in [4.69, 9.17) is 15.7 Å². The Kier molecular flexibility index (Phi) is 4.04. The van der Waals surface area contributed by atoms with E-state index in [9.17, 15) is 0 Å². The highest BCUT2D eigenvalue weighted by Crippen LogP contribution is 2.15. The monoisotopic (exact) mass is 261 g/mol. The normalized spacial score (nSPS) is 9.94. The summed E-state index contributed by atoms with van der Waals surface area (Å²) >= 11 is 1.46. The number of anilines is 1. The first kappa shape index (κ1) is 12.3. The average Bonchev–Trinajstić information content (AvgIpc) is 2.81. The summed E-state index contributed by atoms with van der Waals surface area (Å²) in [5.41, 5.74) is 6.02. The van der Waals surface area contributed by atoms with Gasteiger partial charge in [-0.25, -0.2) is 5.10 Å². The van der Waals surface area contributed by atoms with E-state index in [0.29, 0.717) is 23.3 Å². The molecule has 0 unspecified atom stereocenters. The van der Waals surface area contributed by atoms with Crippen LogP contribution in [0.2, 0.25) is 0 Å². The van der Waals surface area contributed by atoms with Gasteiger partial charge in [-0.2, -0.15) is 10.2 Å². The van der Waals surface area contributed by atoms with Gasteiger partial charge in [0.2, 0.25) is 11.1 Å². The molecule has 1 aromatic carbocycles. The van der Waals surface area contributed by atoms with Crippen LogP contribution in [0.4, 0.5) is 5.95 Å². The smallest absolute Gasteiger partial charge is 0.216 e. The van der Waals surface area contributed by atoms with Gasteiger partial charge in [0.1, 0.15) is 5.75 Å². The SMILES string of the molecule is N#Cc1ccc(OCCSc2n[nH]c(N)n2)cc1. The molecule has 0 bridgehead atoms. The number of thioether (sulfide) groups is 1. The lowest BCUT2D eigenvalue weighted by atomic mass is 10.2. The maximum absolute atomic E-state index is 8.65. The molecule has 0 amide bonds. The minimum Gasteiger partial charge on any atom is -0.493 e. The predicted octanol–water partition coefficient (Wildman–Crippen LogP) is 1.43. The second-order valence-electron chi connectivity index (χ2n) is 3.34. The van der Waals surface area contributed by atoms with E-state index in [2.05, 4.69) is 21.3 Å². The van der Waals surface area contributed by atoms with Gasteiger partial charge in [0, 0.05) is 5.75 Å². The number of nitrogens with one attached hydrogen (secondary N) is 1. The van der Waals surface area contributed by atoms with Crippen LogP contribution in [0, 0.1) is 11.3 Å². The average molecular weight is 261 g/mol. The number of hydrogen-bond donors (Lipinski definition) is 2. The molecular weight excluding hydrogens is 250 g/mol. The Hall–Kier alpha value is -2.20. The van der Waals surface area contributed by atoms with Crippen molar-refractivity contribution in [3.8, 4) is 11.8 Å². The standard InChI is InChI=1S/C11H11N5OS/c12-7-8-1-3-9(4-2-8)17-5-6-18-11-14-10(13)15-16-11/h1-4H,5-6H2,(H3,13,14,15,16). The Balaban J connectivity index is 1.73. The lowest BCUT2D eigenvalue weighted by Crippen LogP contribution is -2.00. The number of nitriles is 1. The molecule has 0 aliphatic rings. The third-order valence-electron chi connectivity index (χ3n) is 2.05. The van der Waals surface area contributed by atoms with Crippen LogP contribution in [0.1, 0.15) is 5.56 Å². The lowest BCUT2D eigenvalue weighted by molar-refractivity contribution is 0.344. The number of aromatic amines is 1. The zero-order valence-electron chi connectivity index (χ0n) is 9.46. The molecule has 2 aromatic rings. The third kappa shape index (κ3) is 3.40. The summed E-state index contributed by atoms with van der Waals surface area (Å²) in [7, 11) is 0. The Morgan fingerprint density at radius 3 is 2.78 bits per heavy atom. The highest BCUT2D eigenvalue weighted by atomic mass is 32.2. The summed E-state index contributed by atoms with van der Waals surface area (Å²) in [5.74, 6) is 1.77. The van der Waals surface area contributed by atoms with Crippen LogP contribution in [0.15, 0.2) is 29.4 Å². The van der Waals surface area contributed by atoms with E-state index in [-0.39, 0.29) is 0 Å². The van der Waals surface area contributed by atoms with Crippen molar-refractivity contribution in [1.82, 2.24) is 15.2 Å². The van der Waals surface area contributed by atoms with Gasteiger partial charge in [-0.15, -0.1) is 5.10 Å². The number of rotatable bonds is 5. The quantitative estimate of drug-likeness (QED) is 0.623. The zero-order valence-corrected chi connectivity index (χ0v) is 10.3. The second kappa shape index (κ2) is 5.93. The van der Waals surface area contributed by atoms with Crippen molar-refractivity contribution in [3.63, 3.8) is 0 Å². The molecule has 18 heavy (non-hydrogen) atoms. The van der Waals surface area contributed by atoms with Crippen LogP contribution < -0.4 is 10.5 Å². The molecule has 92 valence electrons. The number of benzene rings is 1. The molecule has 0 fully saturated rings. The van der Waals surface area contributed by atoms with Gasteiger partial charge in [-0.05, 0) is 24.3 Å². The third-order valence-corrected chi connectivity index (χ3v) is 2.86. The minimum absolute atomic E-state index is 0.311. The van der Waals surface area contributed by atoms with Gasteiger partial charge in [0.05, 0.1) is 18.2 Å². The highest BCUT2D eigenvalue weighted by molar-refractivity contribution is 7.99. The maximum atomic E-state index is 8.65. The zero-order chi connectivity index (χ0) is 12.8. The van der Waals surface area contributed by atoms with Crippen LogP contribution in [0.25, 0.3) is 0 Å².